The molecule has 1 rings (SSSR count). The second-order valence-electron chi connectivity index (χ2n) is 3.65. The number of nitrogens with zero attached hydrogens (tertiary/aromatic N) is 1. The van der Waals surface area contributed by atoms with Crippen LogP contribution in [0.4, 0.5) is 24.5 Å². The Morgan fingerprint density at radius 2 is 1.90 bits per heavy atom. The second kappa shape index (κ2) is 6.03. The third-order valence-electron chi connectivity index (χ3n) is 2.14. The molecule has 0 atom stereocenters. The lowest BCUT2D eigenvalue weighted by atomic mass is 10.1. The number of benzene rings is 1. The highest BCUT2D eigenvalue weighted by atomic mass is 19.4. The number of carboxylic acid groups (broad SMARTS) is 1. The highest BCUT2D eigenvalue weighted by Gasteiger charge is 2.38. The first-order valence-electron chi connectivity index (χ1n) is 5.19. The molecule has 0 saturated carbocycles. The second-order valence-corrected chi connectivity index (χ2v) is 3.65. The molecule has 0 spiro atoms. The van der Waals surface area contributed by atoms with Gasteiger partial charge in [-0.15, -0.1) is 0 Å². The van der Waals surface area contributed by atoms with E-state index in [4.69, 9.17) is 5.11 Å². The highest BCUT2D eigenvalue weighted by molar-refractivity contribution is 6.02. The van der Waals surface area contributed by atoms with Crippen LogP contribution >= 0.6 is 0 Å². The van der Waals surface area contributed by atoms with E-state index in [-0.39, 0.29) is 5.69 Å². The molecule has 21 heavy (non-hydrogen) atoms. The summed E-state index contributed by atoms with van der Waals surface area (Å²) in [6.45, 7) is 0. The number of carboxylic acids is 1. The SMILES string of the molecule is O=C(O)C=CC(=O)Nc1ccc([N+](=O)[O-])c(C(F)(F)F)c1. The average molecular weight is 304 g/mol. The molecule has 0 fully saturated rings. The minimum Gasteiger partial charge on any atom is -0.478 e. The van der Waals surface area contributed by atoms with E-state index >= 15 is 0 Å². The summed E-state index contributed by atoms with van der Waals surface area (Å²) in [5, 5.41) is 20.8. The first kappa shape index (κ1) is 16.1. The van der Waals surface area contributed by atoms with Gasteiger partial charge in [0, 0.05) is 23.9 Å². The first-order valence-corrected chi connectivity index (χ1v) is 5.19. The van der Waals surface area contributed by atoms with Crippen molar-refractivity contribution in [3.8, 4) is 0 Å². The number of alkyl halides is 3. The average Bonchev–Trinajstić information content (AvgIpc) is 2.35. The molecule has 1 amide bonds. The van der Waals surface area contributed by atoms with Gasteiger partial charge in [-0.3, -0.25) is 14.9 Å². The number of nitrogens with one attached hydrogen (secondary N) is 1. The largest absolute Gasteiger partial charge is 0.478 e. The molecule has 0 bridgehead atoms. The van der Waals surface area contributed by atoms with Crippen molar-refractivity contribution in [3.05, 3.63) is 46.0 Å². The summed E-state index contributed by atoms with van der Waals surface area (Å²) < 4.78 is 38.0. The fraction of sp³-hybridized carbons (Fsp3) is 0.0909. The van der Waals surface area contributed by atoms with E-state index in [0.717, 1.165) is 6.07 Å². The summed E-state index contributed by atoms with van der Waals surface area (Å²) in [6, 6.07) is 1.89. The van der Waals surface area contributed by atoms with Crippen LogP contribution < -0.4 is 5.32 Å². The zero-order chi connectivity index (χ0) is 16.2. The molecular weight excluding hydrogens is 297 g/mol. The number of aliphatic carboxylic acids is 1. The zero-order valence-electron chi connectivity index (χ0n) is 10.0. The van der Waals surface area contributed by atoms with Gasteiger partial charge >= 0.3 is 12.1 Å². The van der Waals surface area contributed by atoms with Crippen molar-refractivity contribution in [2.24, 2.45) is 0 Å². The van der Waals surface area contributed by atoms with Crippen molar-refractivity contribution in [1.29, 1.82) is 0 Å². The van der Waals surface area contributed by atoms with Crippen LogP contribution in [-0.2, 0) is 15.8 Å². The van der Waals surface area contributed by atoms with Crippen LogP contribution in [-0.4, -0.2) is 21.9 Å². The molecule has 10 heteroatoms. The first-order chi connectivity index (χ1) is 9.61. The summed E-state index contributed by atoms with van der Waals surface area (Å²) in [5.74, 6) is -2.40. The quantitative estimate of drug-likeness (QED) is 0.503. The van der Waals surface area contributed by atoms with E-state index in [1.54, 1.807) is 0 Å². The summed E-state index contributed by atoms with van der Waals surface area (Å²) >= 11 is 0. The topological polar surface area (TPSA) is 110 Å². The molecule has 7 nitrogen and oxygen atoms in total. The van der Waals surface area contributed by atoms with E-state index < -0.39 is 34.2 Å². The minimum atomic E-state index is -4.97. The van der Waals surface area contributed by atoms with Crippen LogP contribution in [0.25, 0.3) is 0 Å². The number of carbonyl (C=O) groups excluding carboxylic acids is 1. The van der Waals surface area contributed by atoms with Gasteiger partial charge in [-0.05, 0) is 12.1 Å². The third kappa shape index (κ3) is 4.60. The van der Waals surface area contributed by atoms with Crippen LogP contribution in [0.2, 0.25) is 0 Å². The van der Waals surface area contributed by atoms with Gasteiger partial charge in [-0.1, -0.05) is 0 Å². The highest BCUT2D eigenvalue weighted by Crippen LogP contribution is 2.37. The molecule has 0 aliphatic rings. The maximum absolute atomic E-state index is 12.7. The molecule has 0 radical (unpaired) electrons. The van der Waals surface area contributed by atoms with Gasteiger partial charge in [0.15, 0.2) is 0 Å². The number of nitro groups is 1. The zero-order valence-corrected chi connectivity index (χ0v) is 10.0. The number of carbonyl (C=O) groups is 2. The summed E-state index contributed by atoms with van der Waals surface area (Å²) in [4.78, 5) is 30.7. The van der Waals surface area contributed by atoms with Gasteiger partial charge in [-0.2, -0.15) is 13.2 Å². The number of nitro benzene ring substituents is 1. The summed E-state index contributed by atoms with van der Waals surface area (Å²) in [5.41, 5.74) is -3.03. The Morgan fingerprint density at radius 3 is 2.38 bits per heavy atom. The van der Waals surface area contributed by atoms with Gasteiger partial charge < -0.3 is 10.4 Å². The lowest BCUT2D eigenvalue weighted by Crippen LogP contribution is -2.12. The van der Waals surface area contributed by atoms with E-state index in [9.17, 15) is 32.9 Å². The normalized spacial score (nSPS) is 11.4. The van der Waals surface area contributed by atoms with Gasteiger partial charge in [0.1, 0.15) is 5.56 Å². The Kier molecular flexibility index (Phi) is 4.64. The number of amides is 1. The monoisotopic (exact) mass is 304 g/mol. The third-order valence-corrected chi connectivity index (χ3v) is 2.14. The van der Waals surface area contributed by atoms with Crippen LogP contribution in [0, 0.1) is 10.1 Å². The van der Waals surface area contributed by atoms with Crippen molar-refractivity contribution < 1.29 is 32.8 Å². The fourth-order valence-corrected chi connectivity index (χ4v) is 1.33. The van der Waals surface area contributed by atoms with Crippen LogP contribution in [0.3, 0.4) is 0 Å². The van der Waals surface area contributed by atoms with Crippen molar-refractivity contribution in [2.75, 3.05) is 5.32 Å². The molecule has 0 aromatic heterocycles. The molecule has 0 aliphatic heterocycles. The summed E-state index contributed by atoms with van der Waals surface area (Å²) in [6.07, 6.45) is -3.89. The van der Waals surface area contributed by atoms with Gasteiger partial charge in [0.05, 0.1) is 4.92 Å². The maximum atomic E-state index is 12.7. The molecule has 0 unspecified atom stereocenters. The van der Waals surface area contributed by atoms with Gasteiger partial charge in [0.2, 0.25) is 5.91 Å². The fourth-order valence-electron chi connectivity index (χ4n) is 1.33. The molecule has 0 saturated heterocycles. The molecule has 2 N–H and O–H groups in total. The van der Waals surface area contributed by atoms with Crippen LogP contribution in [0.1, 0.15) is 5.56 Å². The smallest absolute Gasteiger partial charge is 0.423 e. The Hall–Kier alpha value is -2.91. The Balaban J connectivity index is 3.09. The van der Waals surface area contributed by atoms with Gasteiger partial charge in [-0.25, -0.2) is 4.79 Å². The molecule has 1 aromatic carbocycles. The predicted octanol–water partition coefficient (Wildman–Crippen LogP) is 2.19. The number of hydrogen-bond donors (Lipinski definition) is 2. The van der Waals surface area contributed by atoms with Crippen molar-refractivity contribution in [1.82, 2.24) is 0 Å². The number of halogens is 3. The number of rotatable bonds is 4. The maximum Gasteiger partial charge on any atom is 0.423 e. The Bertz CT molecular complexity index is 625. The molecule has 0 aliphatic carbocycles. The minimum absolute atomic E-state index is 0.354. The Labute approximate surface area is 114 Å². The predicted molar refractivity (Wildman–Crippen MR) is 63.5 cm³/mol. The van der Waals surface area contributed by atoms with Crippen molar-refractivity contribution in [3.63, 3.8) is 0 Å². The van der Waals surface area contributed by atoms with Gasteiger partial charge in [0.25, 0.3) is 5.69 Å². The van der Waals surface area contributed by atoms with Crippen LogP contribution in [0.15, 0.2) is 30.4 Å². The van der Waals surface area contributed by atoms with E-state index in [1.165, 1.54) is 0 Å². The summed E-state index contributed by atoms with van der Waals surface area (Å²) in [7, 11) is 0. The molecular formula is C11H7F3N2O5. The lowest BCUT2D eigenvalue weighted by Gasteiger charge is -2.09. The van der Waals surface area contributed by atoms with Crippen molar-refractivity contribution in [2.45, 2.75) is 6.18 Å². The lowest BCUT2D eigenvalue weighted by molar-refractivity contribution is -0.388. The number of hydrogen-bond acceptors (Lipinski definition) is 4. The van der Waals surface area contributed by atoms with E-state index in [0.29, 0.717) is 24.3 Å². The number of anilines is 1. The molecule has 112 valence electrons. The van der Waals surface area contributed by atoms with E-state index in [2.05, 4.69) is 0 Å². The van der Waals surface area contributed by atoms with Crippen LogP contribution in [0.5, 0.6) is 0 Å². The van der Waals surface area contributed by atoms with Crippen molar-refractivity contribution >= 4 is 23.3 Å². The molecule has 1 aromatic rings. The van der Waals surface area contributed by atoms with E-state index in [1.807, 2.05) is 5.32 Å². The Morgan fingerprint density at radius 1 is 1.29 bits per heavy atom. The standard InChI is InChI=1S/C11H7F3N2O5/c12-11(13,14)7-5-6(1-2-8(7)16(20)21)15-9(17)3-4-10(18)19/h1-5H,(H,15,17)(H,18,19). The molecule has 0 heterocycles.